The molecule has 0 atom stereocenters. The van der Waals surface area contributed by atoms with Crippen molar-refractivity contribution in [3.05, 3.63) is 81.9 Å². The summed E-state index contributed by atoms with van der Waals surface area (Å²) in [6.07, 6.45) is 2.24. The molecule has 3 rings (SSSR count). The average Bonchev–Trinajstić information content (AvgIpc) is 2.55. The van der Waals surface area contributed by atoms with E-state index in [0.29, 0.717) is 0 Å². The van der Waals surface area contributed by atoms with E-state index >= 15 is 0 Å². The fraction of sp³-hybridized carbons (Fsp3) is 0.263. The molecule has 0 amide bonds. The van der Waals surface area contributed by atoms with Crippen molar-refractivity contribution < 1.29 is 0 Å². The maximum Gasteiger partial charge on any atom is 0.258 e. The molecular weight excluding hydrogens is 304 g/mol. The molecule has 0 aliphatic rings. The third kappa shape index (κ3) is 4.02. The van der Waals surface area contributed by atoms with Crippen LogP contribution in [-0.4, -0.2) is 15.1 Å². The summed E-state index contributed by atoms with van der Waals surface area (Å²) in [5.41, 5.74) is 3.91. The third-order valence-corrected chi connectivity index (χ3v) is 4.86. The minimum Gasteiger partial charge on any atom is -0.269 e. The van der Waals surface area contributed by atoms with Crippen LogP contribution in [0.5, 0.6) is 0 Å². The molecule has 0 aliphatic carbocycles. The molecule has 1 aromatic carbocycles. The SMILES string of the molecule is Cc1cccc2nc(CSCCCc3ccccc3)cc(=O)n12. The molecule has 2 heterocycles. The predicted molar refractivity (Wildman–Crippen MR) is 97.1 cm³/mol. The number of thioether (sulfide) groups is 1. The highest BCUT2D eigenvalue weighted by Gasteiger charge is 2.04. The Hall–Kier alpha value is -2.07. The van der Waals surface area contributed by atoms with Crippen molar-refractivity contribution >= 4 is 17.4 Å². The molecule has 0 unspecified atom stereocenters. The lowest BCUT2D eigenvalue weighted by atomic mass is 10.1. The van der Waals surface area contributed by atoms with Crippen LogP contribution in [-0.2, 0) is 12.2 Å². The topological polar surface area (TPSA) is 34.4 Å². The summed E-state index contributed by atoms with van der Waals surface area (Å²) in [6, 6.07) is 17.9. The summed E-state index contributed by atoms with van der Waals surface area (Å²) in [5.74, 6) is 1.86. The van der Waals surface area contributed by atoms with Gasteiger partial charge in [-0.15, -0.1) is 0 Å². The van der Waals surface area contributed by atoms with Crippen molar-refractivity contribution in [2.45, 2.75) is 25.5 Å². The smallest absolute Gasteiger partial charge is 0.258 e. The van der Waals surface area contributed by atoms with Crippen LogP contribution in [0.3, 0.4) is 0 Å². The van der Waals surface area contributed by atoms with E-state index in [4.69, 9.17) is 0 Å². The van der Waals surface area contributed by atoms with Crippen molar-refractivity contribution in [3.63, 3.8) is 0 Å². The van der Waals surface area contributed by atoms with E-state index in [1.54, 1.807) is 10.5 Å². The largest absolute Gasteiger partial charge is 0.269 e. The molecule has 4 heteroatoms. The molecular formula is C19H20N2OS. The molecule has 3 nitrogen and oxygen atoms in total. The Balaban J connectivity index is 1.56. The van der Waals surface area contributed by atoms with Crippen LogP contribution in [0.15, 0.2) is 59.4 Å². The van der Waals surface area contributed by atoms with Crippen LogP contribution in [0, 0.1) is 6.92 Å². The normalized spacial score (nSPS) is 11.0. The number of nitrogens with zero attached hydrogens (tertiary/aromatic N) is 2. The summed E-state index contributed by atoms with van der Waals surface area (Å²) in [6.45, 7) is 1.92. The highest BCUT2D eigenvalue weighted by Crippen LogP contribution is 2.13. The number of fused-ring (bicyclic) bond motifs is 1. The molecule has 23 heavy (non-hydrogen) atoms. The highest BCUT2D eigenvalue weighted by atomic mass is 32.2. The highest BCUT2D eigenvalue weighted by molar-refractivity contribution is 7.98. The first-order valence-corrected chi connectivity index (χ1v) is 8.99. The zero-order valence-electron chi connectivity index (χ0n) is 13.2. The van der Waals surface area contributed by atoms with Crippen LogP contribution in [0.2, 0.25) is 0 Å². The Morgan fingerprint density at radius 3 is 2.74 bits per heavy atom. The monoisotopic (exact) mass is 324 g/mol. The molecule has 0 bridgehead atoms. The minimum atomic E-state index is 0.00739. The van der Waals surface area contributed by atoms with Crippen LogP contribution in [0.4, 0.5) is 0 Å². The van der Waals surface area contributed by atoms with Crippen LogP contribution >= 0.6 is 11.8 Å². The maximum absolute atomic E-state index is 12.2. The van der Waals surface area contributed by atoms with E-state index in [9.17, 15) is 4.79 Å². The molecule has 0 fully saturated rings. The van der Waals surface area contributed by atoms with Crippen molar-refractivity contribution in [1.29, 1.82) is 0 Å². The lowest BCUT2D eigenvalue weighted by molar-refractivity contribution is 0.931. The third-order valence-electron chi connectivity index (χ3n) is 3.78. The van der Waals surface area contributed by atoms with Gasteiger partial charge < -0.3 is 0 Å². The predicted octanol–water partition coefficient (Wildman–Crippen LogP) is 3.87. The maximum atomic E-state index is 12.2. The van der Waals surface area contributed by atoms with Crippen LogP contribution in [0.1, 0.15) is 23.4 Å². The minimum absolute atomic E-state index is 0.00739. The number of aryl methyl sites for hydroxylation is 2. The summed E-state index contributed by atoms with van der Waals surface area (Å²) in [4.78, 5) is 16.8. The van der Waals surface area contributed by atoms with Gasteiger partial charge in [0.05, 0.1) is 5.69 Å². The number of aromatic nitrogens is 2. The molecule has 3 aromatic rings. The van der Waals surface area contributed by atoms with Gasteiger partial charge in [-0.3, -0.25) is 9.20 Å². The Morgan fingerprint density at radius 1 is 1.09 bits per heavy atom. The van der Waals surface area contributed by atoms with Gasteiger partial charge in [-0.25, -0.2) is 4.98 Å². The molecule has 0 N–H and O–H groups in total. The van der Waals surface area contributed by atoms with E-state index < -0.39 is 0 Å². The molecule has 0 aliphatic heterocycles. The lowest BCUT2D eigenvalue weighted by Crippen LogP contribution is -2.17. The molecule has 0 saturated carbocycles. The van der Waals surface area contributed by atoms with E-state index in [-0.39, 0.29) is 5.56 Å². The van der Waals surface area contributed by atoms with Crippen molar-refractivity contribution in [2.75, 3.05) is 5.75 Å². The van der Waals surface area contributed by atoms with Crippen LogP contribution in [0.25, 0.3) is 5.65 Å². The van der Waals surface area contributed by atoms with E-state index in [2.05, 4.69) is 29.2 Å². The number of pyridine rings is 1. The van der Waals surface area contributed by atoms with Gasteiger partial charge in [0.25, 0.3) is 5.56 Å². The number of hydrogen-bond donors (Lipinski definition) is 0. The van der Waals surface area contributed by atoms with Gasteiger partial charge in [0.15, 0.2) is 0 Å². The van der Waals surface area contributed by atoms with Crippen molar-refractivity contribution in [1.82, 2.24) is 9.38 Å². The standard InChI is InChI=1S/C19H20N2OS/c1-15-7-5-11-18-20-17(13-19(22)21(15)18)14-23-12-6-10-16-8-3-2-4-9-16/h2-5,7-9,11,13H,6,10,12,14H2,1H3. The zero-order chi connectivity index (χ0) is 16.1. The summed E-state index contributed by atoms with van der Waals surface area (Å²) in [7, 11) is 0. The van der Waals surface area contributed by atoms with Gasteiger partial charge in [-0.05, 0) is 43.2 Å². The van der Waals surface area contributed by atoms with E-state index in [0.717, 1.165) is 41.4 Å². The Labute approximate surface area is 140 Å². The van der Waals surface area contributed by atoms with Gasteiger partial charge in [0, 0.05) is 17.5 Å². The number of hydrogen-bond acceptors (Lipinski definition) is 3. The molecule has 0 radical (unpaired) electrons. The number of rotatable bonds is 6. The molecule has 0 spiro atoms. The molecule has 118 valence electrons. The Kier molecular flexibility index (Phi) is 5.13. The van der Waals surface area contributed by atoms with E-state index in [1.165, 1.54) is 5.56 Å². The van der Waals surface area contributed by atoms with Gasteiger partial charge in [-0.1, -0.05) is 36.4 Å². The second-order valence-electron chi connectivity index (χ2n) is 5.59. The van der Waals surface area contributed by atoms with Crippen molar-refractivity contribution in [2.24, 2.45) is 0 Å². The lowest BCUT2D eigenvalue weighted by Gasteiger charge is -2.06. The van der Waals surface area contributed by atoms with Gasteiger partial charge in [0.2, 0.25) is 0 Å². The summed E-state index contributed by atoms with van der Waals surface area (Å²) >= 11 is 1.84. The van der Waals surface area contributed by atoms with Gasteiger partial charge in [0.1, 0.15) is 5.65 Å². The van der Waals surface area contributed by atoms with Gasteiger partial charge in [-0.2, -0.15) is 11.8 Å². The second kappa shape index (κ2) is 7.47. The van der Waals surface area contributed by atoms with Crippen LogP contribution < -0.4 is 5.56 Å². The second-order valence-corrected chi connectivity index (χ2v) is 6.69. The summed E-state index contributed by atoms with van der Waals surface area (Å²) < 4.78 is 1.66. The molecule has 0 saturated heterocycles. The number of benzene rings is 1. The Morgan fingerprint density at radius 2 is 1.91 bits per heavy atom. The average molecular weight is 324 g/mol. The van der Waals surface area contributed by atoms with Crippen molar-refractivity contribution in [3.8, 4) is 0 Å². The first-order chi connectivity index (χ1) is 11.2. The fourth-order valence-corrected chi connectivity index (χ4v) is 3.49. The van der Waals surface area contributed by atoms with E-state index in [1.807, 2.05) is 43.0 Å². The van der Waals surface area contributed by atoms with Gasteiger partial charge >= 0.3 is 0 Å². The summed E-state index contributed by atoms with van der Waals surface area (Å²) in [5, 5.41) is 0. The first-order valence-electron chi connectivity index (χ1n) is 7.84. The first kappa shape index (κ1) is 15.8. The fourth-order valence-electron chi connectivity index (χ4n) is 2.64. The quantitative estimate of drug-likeness (QED) is 0.646. The zero-order valence-corrected chi connectivity index (χ0v) is 14.1. The Bertz CT molecular complexity index is 843. The molecule has 2 aromatic heterocycles.